The van der Waals surface area contributed by atoms with Crippen molar-refractivity contribution in [3.05, 3.63) is 60.2 Å². The molecule has 0 aliphatic carbocycles. The highest BCUT2D eigenvalue weighted by atomic mass is 32.1. The Hall–Kier alpha value is -2.64. The molecule has 1 saturated heterocycles. The molecule has 1 amide bonds. The molecular weight excluding hydrogens is 456 g/mol. The Balaban J connectivity index is 1.16. The fraction of sp³-hybridized carbons (Fsp3) is 0.500. The molecule has 35 heavy (non-hydrogen) atoms. The number of hydrogen-bond acceptors (Lipinski definition) is 4. The Labute approximate surface area is 215 Å². The van der Waals surface area contributed by atoms with Crippen molar-refractivity contribution in [2.45, 2.75) is 57.9 Å². The van der Waals surface area contributed by atoms with Gasteiger partial charge in [0.05, 0.1) is 6.61 Å². The van der Waals surface area contributed by atoms with Crippen LogP contribution in [-0.2, 0) is 11.3 Å². The third-order valence-electron chi connectivity index (χ3n) is 6.06. The predicted molar refractivity (Wildman–Crippen MR) is 148 cm³/mol. The molecule has 190 valence electrons. The SMILES string of the molecule is O=C(CCCCCNC(=S)Nc1ccccc1)NCCCOc1cccc(CN2CCCCC2)c1. The average molecular weight is 497 g/mol. The molecule has 3 N–H and O–H groups in total. The van der Waals surface area contributed by atoms with Crippen LogP contribution in [0.25, 0.3) is 0 Å². The number of carbonyl (C=O) groups excluding carboxylic acids is 1. The zero-order valence-corrected chi connectivity index (χ0v) is 21.6. The number of unbranched alkanes of at least 4 members (excludes halogenated alkanes) is 2. The number of carbonyl (C=O) groups is 1. The van der Waals surface area contributed by atoms with Gasteiger partial charge in [-0.25, -0.2) is 0 Å². The topological polar surface area (TPSA) is 65.6 Å². The quantitative estimate of drug-likeness (QED) is 0.250. The second kappa shape index (κ2) is 16.1. The molecule has 3 rings (SSSR count). The van der Waals surface area contributed by atoms with Gasteiger partial charge in [-0.2, -0.15) is 0 Å². The van der Waals surface area contributed by atoms with Gasteiger partial charge in [0.1, 0.15) is 5.75 Å². The summed E-state index contributed by atoms with van der Waals surface area (Å²) < 4.78 is 5.91. The normalized spacial score (nSPS) is 13.7. The van der Waals surface area contributed by atoms with Crippen molar-refractivity contribution in [1.82, 2.24) is 15.5 Å². The largest absolute Gasteiger partial charge is 0.494 e. The Morgan fingerprint density at radius 2 is 1.69 bits per heavy atom. The number of thiocarbonyl (C=S) groups is 1. The fourth-order valence-corrected chi connectivity index (χ4v) is 4.39. The summed E-state index contributed by atoms with van der Waals surface area (Å²) >= 11 is 5.30. The van der Waals surface area contributed by atoms with Gasteiger partial charge in [-0.3, -0.25) is 9.69 Å². The van der Waals surface area contributed by atoms with Crippen molar-refractivity contribution >= 4 is 28.9 Å². The van der Waals surface area contributed by atoms with E-state index in [0.29, 0.717) is 24.7 Å². The summed E-state index contributed by atoms with van der Waals surface area (Å²) in [6.07, 6.45) is 8.19. The van der Waals surface area contributed by atoms with E-state index in [-0.39, 0.29) is 5.91 Å². The summed E-state index contributed by atoms with van der Waals surface area (Å²) in [6, 6.07) is 18.3. The molecule has 0 radical (unpaired) electrons. The Kier molecular flexibility index (Phi) is 12.4. The molecule has 0 saturated carbocycles. The minimum Gasteiger partial charge on any atom is -0.494 e. The van der Waals surface area contributed by atoms with Crippen LogP contribution in [0.2, 0.25) is 0 Å². The van der Waals surface area contributed by atoms with Crippen LogP contribution >= 0.6 is 12.2 Å². The smallest absolute Gasteiger partial charge is 0.219 e. The first kappa shape index (κ1) is 27.0. The van der Waals surface area contributed by atoms with Gasteiger partial charge in [-0.05, 0) is 87.2 Å². The number of likely N-dealkylation sites (tertiary alicyclic amines) is 1. The summed E-state index contributed by atoms with van der Waals surface area (Å²) in [6.45, 7) is 5.45. The van der Waals surface area contributed by atoms with Crippen molar-refractivity contribution in [3.63, 3.8) is 0 Å². The minimum absolute atomic E-state index is 0.114. The number of nitrogens with one attached hydrogen (secondary N) is 3. The van der Waals surface area contributed by atoms with Gasteiger partial charge in [0.15, 0.2) is 5.11 Å². The van der Waals surface area contributed by atoms with E-state index in [4.69, 9.17) is 17.0 Å². The number of rotatable bonds is 14. The van der Waals surface area contributed by atoms with E-state index in [9.17, 15) is 4.79 Å². The van der Waals surface area contributed by atoms with Crippen LogP contribution in [0, 0.1) is 0 Å². The summed E-state index contributed by atoms with van der Waals surface area (Å²) in [5.41, 5.74) is 2.29. The lowest BCUT2D eigenvalue weighted by Crippen LogP contribution is -2.29. The maximum atomic E-state index is 12.1. The van der Waals surface area contributed by atoms with Gasteiger partial charge in [0.25, 0.3) is 0 Å². The van der Waals surface area contributed by atoms with Crippen molar-refractivity contribution in [2.24, 2.45) is 0 Å². The number of piperidine rings is 1. The number of ether oxygens (including phenoxy) is 1. The monoisotopic (exact) mass is 496 g/mol. The summed E-state index contributed by atoms with van der Waals surface area (Å²) in [5.74, 6) is 1.03. The standard InChI is InChI=1S/C28H40N4O2S/c33-27(16-6-2-7-17-30-28(35)31-25-13-4-1-5-14-25)29-18-11-21-34-26-15-10-12-24(22-26)23-32-19-8-3-9-20-32/h1,4-5,10,12-15,22H,2-3,6-9,11,16-21,23H2,(H,29,33)(H2,30,31,35). The summed E-state index contributed by atoms with van der Waals surface area (Å²) in [5, 5.41) is 9.99. The first-order chi connectivity index (χ1) is 17.2. The lowest BCUT2D eigenvalue weighted by Gasteiger charge is -2.26. The van der Waals surface area contributed by atoms with Gasteiger partial charge in [0, 0.05) is 31.7 Å². The Bertz CT molecular complexity index is 888. The van der Waals surface area contributed by atoms with Gasteiger partial charge in [-0.1, -0.05) is 43.2 Å². The highest BCUT2D eigenvalue weighted by Gasteiger charge is 2.10. The van der Waals surface area contributed by atoms with E-state index < -0.39 is 0 Å². The average Bonchev–Trinajstić information content (AvgIpc) is 2.87. The van der Waals surface area contributed by atoms with Crippen LogP contribution in [-0.4, -0.2) is 48.7 Å². The molecule has 1 aliphatic rings. The van der Waals surface area contributed by atoms with Gasteiger partial charge in [0.2, 0.25) is 5.91 Å². The maximum absolute atomic E-state index is 12.1. The number of hydrogen-bond donors (Lipinski definition) is 3. The fourth-order valence-electron chi connectivity index (χ4n) is 4.17. The van der Waals surface area contributed by atoms with Gasteiger partial charge < -0.3 is 20.7 Å². The van der Waals surface area contributed by atoms with E-state index in [1.807, 2.05) is 36.4 Å². The third kappa shape index (κ3) is 11.6. The first-order valence-corrected chi connectivity index (χ1v) is 13.4. The molecule has 6 nitrogen and oxygen atoms in total. The lowest BCUT2D eigenvalue weighted by molar-refractivity contribution is -0.121. The summed E-state index contributed by atoms with van der Waals surface area (Å²) in [4.78, 5) is 14.6. The van der Waals surface area contributed by atoms with E-state index in [2.05, 4.69) is 39.0 Å². The minimum atomic E-state index is 0.114. The number of para-hydroxylation sites is 1. The highest BCUT2D eigenvalue weighted by molar-refractivity contribution is 7.80. The zero-order chi connectivity index (χ0) is 24.6. The lowest BCUT2D eigenvalue weighted by atomic mass is 10.1. The molecule has 1 aliphatic heterocycles. The van der Waals surface area contributed by atoms with E-state index in [1.165, 1.54) is 37.9 Å². The van der Waals surface area contributed by atoms with Crippen molar-refractivity contribution in [2.75, 3.05) is 38.1 Å². The van der Waals surface area contributed by atoms with Crippen LogP contribution in [0.3, 0.4) is 0 Å². The maximum Gasteiger partial charge on any atom is 0.219 e. The van der Waals surface area contributed by atoms with Crippen LogP contribution in [0.15, 0.2) is 54.6 Å². The van der Waals surface area contributed by atoms with Crippen LogP contribution in [0.4, 0.5) is 5.69 Å². The van der Waals surface area contributed by atoms with E-state index in [1.54, 1.807) is 0 Å². The number of amides is 1. The molecule has 0 atom stereocenters. The number of anilines is 1. The van der Waals surface area contributed by atoms with Crippen LogP contribution in [0.5, 0.6) is 5.75 Å². The molecule has 0 spiro atoms. The van der Waals surface area contributed by atoms with Crippen LogP contribution in [0.1, 0.15) is 56.9 Å². The van der Waals surface area contributed by atoms with Crippen molar-refractivity contribution in [1.29, 1.82) is 0 Å². The molecule has 1 fully saturated rings. The first-order valence-electron chi connectivity index (χ1n) is 13.0. The second-order valence-electron chi connectivity index (χ2n) is 9.09. The molecule has 0 unspecified atom stereocenters. The molecule has 0 bridgehead atoms. The predicted octanol–water partition coefficient (Wildman–Crippen LogP) is 5.10. The Morgan fingerprint density at radius 3 is 2.51 bits per heavy atom. The highest BCUT2D eigenvalue weighted by Crippen LogP contribution is 2.17. The van der Waals surface area contributed by atoms with Crippen LogP contribution < -0.4 is 20.7 Å². The molecule has 1 heterocycles. The molecule has 2 aromatic carbocycles. The molecular formula is C28H40N4O2S. The van der Waals surface area contributed by atoms with Crippen molar-refractivity contribution in [3.8, 4) is 5.75 Å². The molecule has 7 heteroatoms. The molecule has 0 aromatic heterocycles. The van der Waals surface area contributed by atoms with E-state index >= 15 is 0 Å². The summed E-state index contributed by atoms with van der Waals surface area (Å²) in [7, 11) is 0. The second-order valence-corrected chi connectivity index (χ2v) is 9.50. The third-order valence-corrected chi connectivity index (χ3v) is 6.31. The van der Waals surface area contributed by atoms with Gasteiger partial charge in [-0.15, -0.1) is 0 Å². The molecule has 2 aromatic rings. The van der Waals surface area contributed by atoms with Crippen molar-refractivity contribution < 1.29 is 9.53 Å². The number of nitrogens with zero attached hydrogens (tertiary/aromatic N) is 1. The zero-order valence-electron chi connectivity index (χ0n) is 20.8. The Morgan fingerprint density at radius 1 is 0.886 bits per heavy atom. The number of benzene rings is 2. The van der Waals surface area contributed by atoms with E-state index in [0.717, 1.165) is 50.2 Å². The van der Waals surface area contributed by atoms with Gasteiger partial charge >= 0.3 is 0 Å².